The van der Waals surface area contributed by atoms with Crippen molar-refractivity contribution in [3.05, 3.63) is 35.9 Å². The average molecular weight is 230 g/mol. The molecule has 0 aliphatic rings. The normalized spacial score (nSPS) is 11.3. The van der Waals surface area contributed by atoms with E-state index in [1.165, 1.54) is 6.92 Å². The van der Waals surface area contributed by atoms with E-state index in [1.54, 1.807) is 6.07 Å². The fourth-order valence-electron chi connectivity index (χ4n) is 1.46. The van der Waals surface area contributed by atoms with Gasteiger partial charge in [-0.25, -0.2) is 0 Å². The molecule has 0 aromatic heterocycles. The predicted octanol–water partition coefficient (Wildman–Crippen LogP) is 1.22. The molecule has 1 amide bonds. The summed E-state index contributed by atoms with van der Waals surface area (Å²) in [4.78, 5) is 22.7. The molecule has 1 N–H and O–H groups in total. The van der Waals surface area contributed by atoms with Crippen LogP contribution in [0.25, 0.3) is 0 Å². The highest BCUT2D eigenvalue weighted by molar-refractivity contribution is 5.88. The van der Waals surface area contributed by atoms with Gasteiger partial charge >= 0.3 is 0 Å². The Bertz CT molecular complexity index is 434. The van der Waals surface area contributed by atoms with E-state index < -0.39 is 11.9 Å². The molecule has 0 radical (unpaired) electrons. The van der Waals surface area contributed by atoms with Gasteiger partial charge in [0.2, 0.25) is 5.91 Å². The molecule has 4 nitrogen and oxygen atoms in total. The second-order valence-corrected chi connectivity index (χ2v) is 3.76. The molecule has 0 fully saturated rings. The van der Waals surface area contributed by atoms with Crippen LogP contribution in [0.15, 0.2) is 30.3 Å². The Labute approximate surface area is 100 Å². The maximum Gasteiger partial charge on any atom is 0.234 e. The lowest BCUT2D eigenvalue weighted by molar-refractivity contribution is -0.126. The molecule has 0 saturated carbocycles. The first-order valence-corrected chi connectivity index (χ1v) is 5.34. The van der Waals surface area contributed by atoms with E-state index in [2.05, 4.69) is 5.32 Å². The standard InChI is InChI=1S/C13H14N2O2/c1-10(16)12(15-13(17)7-8-14)9-11-5-3-2-4-6-11/h2-6,12H,7,9H2,1H3,(H,15,17)/t12-/m0/s1. The van der Waals surface area contributed by atoms with Crippen LogP contribution in [0.2, 0.25) is 0 Å². The van der Waals surface area contributed by atoms with Crippen molar-refractivity contribution in [2.75, 3.05) is 0 Å². The number of carbonyl (C=O) groups is 2. The first-order valence-electron chi connectivity index (χ1n) is 5.34. The molecule has 0 bridgehead atoms. The summed E-state index contributed by atoms with van der Waals surface area (Å²) >= 11 is 0. The molecule has 0 unspecified atom stereocenters. The summed E-state index contributed by atoms with van der Waals surface area (Å²) in [5.41, 5.74) is 0.977. The van der Waals surface area contributed by atoms with Crippen LogP contribution in [0.4, 0.5) is 0 Å². The highest BCUT2D eigenvalue weighted by atomic mass is 16.2. The Morgan fingerprint density at radius 2 is 2.00 bits per heavy atom. The van der Waals surface area contributed by atoms with Crippen molar-refractivity contribution >= 4 is 11.7 Å². The maximum absolute atomic E-state index is 11.4. The highest BCUT2D eigenvalue weighted by Crippen LogP contribution is 2.04. The topological polar surface area (TPSA) is 70.0 Å². The fraction of sp³-hybridized carbons (Fsp3) is 0.308. The molecule has 88 valence electrons. The Kier molecular flexibility index (Phi) is 4.89. The van der Waals surface area contributed by atoms with Crippen LogP contribution in [0, 0.1) is 11.3 Å². The van der Waals surface area contributed by atoms with Crippen LogP contribution in [0.5, 0.6) is 0 Å². The third-order valence-electron chi connectivity index (χ3n) is 2.35. The van der Waals surface area contributed by atoms with Gasteiger partial charge in [0.05, 0.1) is 12.1 Å². The van der Waals surface area contributed by atoms with Gasteiger partial charge in [0.15, 0.2) is 5.78 Å². The van der Waals surface area contributed by atoms with Crippen molar-refractivity contribution < 1.29 is 9.59 Å². The number of hydrogen-bond donors (Lipinski definition) is 1. The third-order valence-corrected chi connectivity index (χ3v) is 2.35. The van der Waals surface area contributed by atoms with E-state index in [0.717, 1.165) is 5.56 Å². The van der Waals surface area contributed by atoms with Gasteiger partial charge < -0.3 is 5.32 Å². The van der Waals surface area contributed by atoms with E-state index in [-0.39, 0.29) is 12.2 Å². The number of nitrogens with one attached hydrogen (secondary N) is 1. The molecule has 0 aliphatic carbocycles. The van der Waals surface area contributed by atoms with Gasteiger partial charge in [-0.3, -0.25) is 9.59 Å². The highest BCUT2D eigenvalue weighted by Gasteiger charge is 2.16. The van der Waals surface area contributed by atoms with Gasteiger partial charge in [0, 0.05) is 0 Å². The molecular formula is C13H14N2O2. The molecule has 0 spiro atoms. The van der Waals surface area contributed by atoms with Crippen LogP contribution < -0.4 is 5.32 Å². The molecule has 0 saturated heterocycles. The number of nitrogens with zero attached hydrogens (tertiary/aromatic N) is 1. The van der Waals surface area contributed by atoms with Gasteiger partial charge in [-0.05, 0) is 18.9 Å². The molecule has 0 aliphatic heterocycles. The second kappa shape index (κ2) is 6.44. The maximum atomic E-state index is 11.4. The summed E-state index contributed by atoms with van der Waals surface area (Å²) < 4.78 is 0. The predicted molar refractivity (Wildman–Crippen MR) is 63.0 cm³/mol. The summed E-state index contributed by atoms with van der Waals surface area (Å²) in [6.45, 7) is 1.43. The number of benzene rings is 1. The van der Waals surface area contributed by atoms with Crippen LogP contribution in [0.1, 0.15) is 18.9 Å². The van der Waals surface area contributed by atoms with Crippen molar-refractivity contribution in [3.63, 3.8) is 0 Å². The van der Waals surface area contributed by atoms with Gasteiger partial charge in [-0.1, -0.05) is 30.3 Å². The third kappa shape index (κ3) is 4.47. The van der Waals surface area contributed by atoms with E-state index in [0.29, 0.717) is 6.42 Å². The lowest BCUT2D eigenvalue weighted by atomic mass is 10.0. The number of carbonyl (C=O) groups excluding carboxylic acids is 2. The minimum Gasteiger partial charge on any atom is -0.345 e. The van der Waals surface area contributed by atoms with Gasteiger partial charge in [0.25, 0.3) is 0 Å². The molecule has 1 rings (SSSR count). The first kappa shape index (κ1) is 12.9. The van der Waals surface area contributed by atoms with Gasteiger partial charge in [-0.15, -0.1) is 0 Å². The first-order chi connectivity index (χ1) is 8.13. The molecular weight excluding hydrogens is 216 g/mol. The van der Waals surface area contributed by atoms with Crippen molar-refractivity contribution in [3.8, 4) is 6.07 Å². The van der Waals surface area contributed by atoms with E-state index in [1.807, 2.05) is 30.3 Å². The summed E-state index contributed by atoms with van der Waals surface area (Å²) in [7, 11) is 0. The Morgan fingerprint density at radius 3 is 2.53 bits per heavy atom. The van der Waals surface area contributed by atoms with Crippen molar-refractivity contribution in [2.24, 2.45) is 0 Å². The SMILES string of the molecule is CC(=O)[C@H](Cc1ccccc1)NC(=O)CC#N. The molecule has 4 heteroatoms. The Balaban J connectivity index is 2.65. The van der Waals surface area contributed by atoms with Gasteiger partial charge in [0.1, 0.15) is 6.42 Å². The number of Topliss-reactive ketones (excluding diaryl/α,β-unsaturated/α-hetero) is 1. The monoisotopic (exact) mass is 230 g/mol. The number of hydrogen-bond acceptors (Lipinski definition) is 3. The van der Waals surface area contributed by atoms with Crippen LogP contribution in [-0.2, 0) is 16.0 Å². The van der Waals surface area contributed by atoms with Gasteiger partial charge in [-0.2, -0.15) is 5.26 Å². The zero-order chi connectivity index (χ0) is 12.7. The molecule has 1 aromatic rings. The molecule has 0 heterocycles. The van der Waals surface area contributed by atoms with Crippen LogP contribution in [-0.4, -0.2) is 17.7 Å². The number of rotatable bonds is 5. The lowest BCUT2D eigenvalue weighted by Gasteiger charge is -2.15. The molecule has 1 atom stereocenters. The Hall–Kier alpha value is -2.15. The molecule has 1 aromatic carbocycles. The zero-order valence-electron chi connectivity index (χ0n) is 9.64. The average Bonchev–Trinajstić information content (AvgIpc) is 2.29. The minimum atomic E-state index is -0.557. The fourth-order valence-corrected chi connectivity index (χ4v) is 1.46. The lowest BCUT2D eigenvalue weighted by Crippen LogP contribution is -2.41. The second-order valence-electron chi connectivity index (χ2n) is 3.76. The van der Waals surface area contributed by atoms with E-state index >= 15 is 0 Å². The zero-order valence-corrected chi connectivity index (χ0v) is 9.64. The summed E-state index contributed by atoms with van der Waals surface area (Å²) in [5.74, 6) is -0.524. The van der Waals surface area contributed by atoms with Crippen LogP contribution >= 0.6 is 0 Å². The quantitative estimate of drug-likeness (QED) is 0.826. The number of ketones is 1. The summed E-state index contributed by atoms with van der Waals surface area (Å²) in [6.07, 6.45) is 0.228. The van der Waals surface area contributed by atoms with Crippen molar-refractivity contribution in [1.82, 2.24) is 5.32 Å². The number of amides is 1. The number of nitriles is 1. The van der Waals surface area contributed by atoms with Crippen molar-refractivity contribution in [1.29, 1.82) is 5.26 Å². The smallest absolute Gasteiger partial charge is 0.234 e. The summed E-state index contributed by atoms with van der Waals surface area (Å²) in [6, 6.07) is 10.6. The van der Waals surface area contributed by atoms with Crippen molar-refractivity contribution in [2.45, 2.75) is 25.8 Å². The summed E-state index contributed by atoms with van der Waals surface area (Å²) in [5, 5.41) is 10.9. The van der Waals surface area contributed by atoms with E-state index in [4.69, 9.17) is 5.26 Å². The molecule has 17 heavy (non-hydrogen) atoms. The minimum absolute atomic E-state index is 0.111. The van der Waals surface area contributed by atoms with E-state index in [9.17, 15) is 9.59 Å². The Morgan fingerprint density at radius 1 is 1.35 bits per heavy atom. The largest absolute Gasteiger partial charge is 0.345 e. The van der Waals surface area contributed by atoms with Crippen LogP contribution in [0.3, 0.4) is 0 Å².